The fourth-order valence-electron chi connectivity index (χ4n) is 3.16. The highest BCUT2D eigenvalue weighted by Crippen LogP contribution is 2.27. The third-order valence-corrected chi connectivity index (χ3v) is 5.77. The molecule has 0 saturated heterocycles. The first-order valence-electron chi connectivity index (χ1n) is 9.24. The summed E-state index contributed by atoms with van der Waals surface area (Å²) in [6, 6.07) is 14.1. The van der Waals surface area contributed by atoms with E-state index in [1.807, 2.05) is 44.2 Å². The standard InChI is InChI=1S/C22H19N3O4S/c1-13-18(14(2)29-24-13)12-30-22-23-19-11-15(21(27)28-3)9-10-17(19)20(26)25(22)16-7-5-4-6-8-16/h4-11H,12H2,1-3H3. The van der Waals surface area contributed by atoms with E-state index in [-0.39, 0.29) is 5.56 Å². The average Bonchev–Trinajstić information content (AvgIpc) is 3.09. The van der Waals surface area contributed by atoms with E-state index in [1.165, 1.54) is 18.9 Å². The van der Waals surface area contributed by atoms with Crippen LogP contribution in [0.15, 0.2) is 63.0 Å². The van der Waals surface area contributed by atoms with Gasteiger partial charge in [-0.1, -0.05) is 35.1 Å². The predicted octanol–water partition coefficient (Wildman–Crippen LogP) is 4.07. The van der Waals surface area contributed by atoms with Gasteiger partial charge in [-0.05, 0) is 44.2 Å². The van der Waals surface area contributed by atoms with Gasteiger partial charge in [-0.3, -0.25) is 9.36 Å². The van der Waals surface area contributed by atoms with E-state index in [0.717, 1.165) is 22.7 Å². The van der Waals surface area contributed by atoms with E-state index >= 15 is 0 Å². The molecule has 0 unspecified atom stereocenters. The maximum Gasteiger partial charge on any atom is 0.337 e. The van der Waals surface area contributed by atoms with Gasteiger partial charge in [0.2, 0.25) is 0 Å². The summed E-state index contributed by atoms with van der Waals surface area (Å²) in [4.78, 5) is 30.0. The first-order valence-corrected chi connectivity index (χ1v) is 10.2. The highest BCUT2D eigenvalue weighted by molar-refractivity contribution is 7.98. The van der Waals surface area contributed by atoms with E-state index in [0.29, 0.717) is 27.4 Å². The van der Waals surface area contributed by atoms with Crippen molar-refractivity contribution in [1.82, 2.24) is 14.7 Å². The number of hydrogen-bond donors (Lipinski definition) is 0. The summed E-state index contributed by atoms with van der Waals surface area (Å²) in [5.41, 5.74) is 3.08. The highest BCUT2D eigenvalue weighted by Gasteiger charge is 2.17. The number of aromatic nitrogens is 3. The van der Waals surface area contributed by atoms with E-state index in [1.54, 1.807) is 22.8 Å². The molecule has 152 valence electrons. The summed E-state index contributed by atoms with van der Waals surface area (Å²) in [5.74, 6) is 0.807. The number of aryl methyl sites for hydroxylation is 2. The second-order valence-corrected chi connectivity index (χ2v) is 7.63. The number of benzene rings is 2. The van der Waals surface area contributed by atoms with Crippen molar-refractivity contribution in [2.45, 2.75) is 24.8 Å². The van der Waals surface area contributed by atoms with Crippen LogP contribution < -0.4 is 5.56 Å². The van der Waals surface area contributed by atoms with Crippen molar-refractivity contribution in [3.63, 3.8) is 0 Å². The molecule has 7 nitrogen and oxygen atoms in total. The fourth-order valence-corrected chi connectivity index (χ4v) is 4.32. The van der Waals surface area contributed by atoms with Gasteiger partial charge in [0.15, 0.2) is 5.16 Å². The van der Waals surface area contributed by atoms with Crippen LogP contribution in [0.4, 0.5) is 0 Å². The van der Waals surface area contributed by atoms with Gasteiger partial charge in [0.05, 0.1) is 35.0 Å². The molecular weight excluding hydrogens is 402 g/mol. The Morgan fingerprint density at radius 1 is 1.17 bits per heavy atom. The molecule has 0 saturated carbocycles. The number of rotatable bonds is 5. The van der Waals surface area contributed by atoms with Crippen molar-refractivity contribution in [1.29, 1.82) is 0 Å². The van der Waals surface area contributed by atoms with Crippen molar-refractivity contribution < 1.29 is 14.1 Å². The molecule has 0 amide bonds. The zero-order chi connectivity index (χ0) is 21.3. The number of carbonyl (C=O) groups excluding carboxylic acids is 1. The number of hydrogen-bond acceptors (Lipinski definition) is 7. The SMILES string of the molecule is COC(=O)c1ccc2c(=O)n(-c3ccccc3)c(SCc3c(C)noc3C)nc2c1. The number of nitrogens with zero attached hydrogens (tertiary/aromatic N) is 3. The van der Waals surface area contributed by atoms with Crippen molar-refractivity contribution in [3.8, 4) is 5.69 Å². The van der Waals surface area contributed by atoms with Crippen molar-refractivity contribution >= 4 is 28.6 Å². The van der Waals surface area contributed by atoms with E-state index in [9.17, 15) is 9.59 Å². The molecule has 0 bridgehead atoms. The van der Waals surface area contributed by atoms with Crippen LogP contribution in [-0.4, -0.2) is 27.8 Å². The van der Waals surface area contributed by atoms with Crippen LogP contribution in [0, 0.1) is 13.8 Å². The Morgan fingerprint density at radius 3 is 2.60 bits per heavy atom. The van der Waals surface area contributed by atoms with E-state index in [2.05, 4.69) is 5.16 Å². The maximum absolute atomic E-state index is 13.4. The molecule has 4 rings (SSSR count). The second kappa shape index (κ2) is 8.16. The van der Waals surface area contributed by atoms with Crippen molar-refractivity contribution in [3.05, 3.63) is 81.5 Å². The van der Waals surface area contributed by atoms with Crippen molar-refractivity contribution in [2.75, 3.05) is 7.11 Å². The molecule has 0 radical (unpaired) electrons. The van der Waals surface area contributed by atoms with E-state index < -0.39 is 5.97 Å². The molecule has 0 atom stereocenters. The van der Waals surface area contributed by atoms with Gasteiger partial charge in [-0.15, -0.1) is 0 Å². The maximum atomic E-state index is 13.4. The topological polar surface area (TPSA) is 87.2 Å². The van der Waals surface area contributed by atoms with Crippen LogP contribution >= 0.6 is 11.8 Å². The van der Waals surface area contributed by atoms with Crippen LogP contribution in [-0.2, 0) is 10.5 Å². The van der Waals surface area contributed by atoms with E-state index in [4.69, 9.17) is 14.2 Å². The molecule has 2 aromatic heterocycles. The minimum Gasteiger partial charge on any atom is -0.465 e. The Hall–Kier alpha value is -3.39. The largest absolute Gasteiger partial charge is 0.465 e. The molecular formula is C22H19N3O4S. The molecule has 2 aromatic carbocycles. The van der Waals surface area contributed by atoms with Gasteiger partial charge in [0, 0.05) is 11.3 Å². The summed E-state index contributed by atoms with van der Waals surface area (Å²) in [5, 5.41) is 4.93. The highest BCUT2D eigenvalue weighted by atomic mass is 32.2. The molecule has 0 aliphatic carbocycles. The normalized spacial score (nSPS) is 11.0. The monoisotopic (exact) mass is 421 g/mol. The molecule has 0 N–H and O–H groups in total. The quantitative estimate of drug-likeness (QED) is 0.273. The molecule has 8 heteroatoms. The van der Waals surface area contributed by atoms with Crippen molar-refractivity contribution in [2.24, 2.45) is 0 Å². The predicted molar refractivity (Wildman–Crippen MR) is 114 cm³/mol. The molecule has 4 aromatic rings. The lowest BCUT2D eigenvalue weighted by Gasteiger charge is -2.13. The Labute approximate surface area is 176 Å². The van der Waals surface area contributed by atoms with Crippen LogP contribution in [0.5, 0.6) is 0 Å². The summed E-state index contributed by atoms with van der Waals surface area (Å²) >= 11 is 1.41. The first kappa shape index (κ1) is 19.9. The molecule has 0 aliphatic rings. The summed E-state index contributed by atoms with van der Waals surface area (Å²) in [6.45, 7) is 3.74. The molecule has 0 spiro atoms. The van der Waals surface area contributed by atoms with Gasteiger partial charge >= 0.3 is 5.97 Å². The number of methoxy groups -OCH3 is 1. The third-order valence-electron chi connectivity index (χ3n) is 4.80. The Morgan fingerprint density at radius 2 is 1.93 bits per heavy atom. The minimum absolute atomic E-state index is 0.205. The number of ether oxygens (including phenoxy) is 1. The number of esters is 1. The molecule has 2 heterocycles. The lowest BCUT2D eigenvalue weighted by atomic mass is 10.1. The molecule has 0 fully saturated rings. The lowest BCUT2D eigenvalue weighted by molar-refractivity contribution is 0.0601. The number of thioether (sulfide) groups is 1. The first-order chi connectivity index (χ1) is 14.5. The smallest absolute Gasteiger partial charge is 0.337 e. The number of para-hydroxylation sites is 1. The summed E-state index contributed by atoms with van der Waals surface area (Å²) in [6.07, 6.45) is 0. The molecule has 30 heavy (non-hydrogen) atoms. The fraction of sp³-hybridized carbons (Fsp3) is 0.182. The van der Waals surface area contributed by atoms with Crippen LogP contribution in [0.1, 0.15) is 27.4 Å². The van der Waals surface area contributed by atoms with Crippen LogP contribution in [0.2, 0.25) is 0 Å². The Balaban J connectivity index is 1.88. The lowest BCUT2D eigenvalue weighted by Crippen LogP contribution is -2.22. The number of fused-ring (bicyclic) bond motifs is 1. The van der Waals surface area contributed by atoms with Gasteiger partial charge in [-0.25, -0.2) is 9.78 Å². The second-order valence-electron chi connectivity index (χ2n) is 6.69. The Kier molecular flexibility index (Phi) is 5.41. The van der Waals surface area contributed by atoms with Gasteiger partial charge in [0.25, 0.3) is 5.56 Å². The van der Waals surface area contributed by atoms with Crippen LogP contribution in [0.25, 0.3) is 16.6 Å². The average molecular weight is 421 g/mol. The summed E-state index contributed by atoms with van der Waals surface area (Å²) in [7, 11) is 1.32. The van der Waals surface area contributed by atoms with Gasteiger partial charge < -0.3 is 9.26 Å². The van der Waals surface area contributed by atoms with Gasteiger partial charge in [-0.2, -0.15) is 0 Å². The zero-order valence-corrected chi connectivity index (χ0v) is 17.5. The Bertz CT molecular complexity index is 1280. The number of carbonyl (C=O) groups is 1. The summed E-state index contributed by atoms with van der Waals surface area (Å²) < 4.78 is 11.6. The van der Waals surface area contributed by atoms with Gasteiger partial charge in [0.1, 0.15) is 5.76 Å². The molecule has 0 aliphatic heterocycles. The zero-order valence-electron chi connectivity index (χ0n) is 16.7. The van der Waals surface area contributed by atoms with Crippen LogP contribution in [0.3, 0.4) is 0 Å². The minimum atomic E-state index is -0.476. The third kappa shape index (κ3) is 3.61.